The van der Waals surface area contributed by atoms with Gasteiger partial charge in [-0.05, 0) is 48.4 Å². The number of nitrogens with one attached hydrogen (secondary N) is 2. The number of carbonyl (C=O) groups excluding carboxylic acids is 2. The number of alkyl halides is 3. The van der Waals surface area contributed by atoms with Crippen LogP contribution in [0.3, 0.4) is 0 Å². The molecule has 2 N–H and O–H groups in total. The predicted octanol–water partition coefficient (Wildman–Crippen LogP) is 4.96. The molecule has 38 heavy (non-hydrogen) atoms. The summed E-state index contributed by atoms with van der Waals surface area (Å²) in [5.41, 5.74) is 5.39. The first-order valence-corrected chi connectivity index (χ1v) is 11.8. The molecule has 192 valence electrons. The molecule has 0 aliphatic carbocycles. The molecule has 2 heterocycles. The normalized spacial score (nSPS) is 18.0. The van der Waals surface area contributed by atoms with Gasteiger partial charge in [0, 0.05) is 6.54 Å². The maximum absolute atomic E-state index is 13.5. The second-order valence-corrected chi connectivity index (χ2v) is 9.14. The Bertz CT molecular complexity index is 1470. The van der Waals surface area contributed by atoms with Crippen LogP contribution in [-0.4, -0.2) is 23.5 Å². The number of hydrogen-bond acceptors (Lipinski definition) is 4. The van der Waals surface area contributed by atoms with Crippen LogP contribution in [0.1, 0.15) is 33.9 Å². The third-order valence-corrected chi connectivity index (χ3v) is 6.48. The van der Waals surface area contributed by atoms with E-state index in [-0.39, 0.29) is 23.5 Å². The van der Waals surface area contributed by atoms with Gasteiger partial charge in [-0.15, -0.1) is 0 Å². The summed E-state index contributed by atoms with van der Waals surface area (Å²) in [6, 6.07) is 19.1. The van der Waals surface area contributed by atoms with Crippen molar-refractivity contribution in [3.63, 3.8) is 0 Å². The van der Waals surface area contributed by atoms with E-state index in [1.165, 1.54) is 12.1 Å². The van der Waals surface area contributed by atoms with Crippen molar-refractivity contribution in [1.82, 2.24) is 15.8 Å². The molecule has 5 rings (SSSR count). The van der Waals surface area contributed by atoms with Crippen molar-refractivity contribution >= 4 is 17.6 Å². The SMILES string of the molecule is Cc1ccc(CN2CC3=C(C(=O)N2)[C@@H](c2ccc(C#N)cc2)NC(=O)N3c2cccc(C(F)(F)F)c2)cc1. The number of urea groups is 1. The van der Waals surface area contributed by atoms with E-state index in [1.807, 2.05) is 37.3 Å². The molecule has 3 aromatic carbocycles. The third kappa shape index (κ3) is 4.84. The van der Waals surface area contributed by atoms with Crippen molar-refractivity contribution in [3.8, 4) is 6.07 Å². The zero-order valence-corrected chi connectivity index (χ0v) is 20.2. The molecule has 3 amide bonds. The Morgan fingerprint density at radius 3 is 2.39 bits per heavy atom. The fourth-order valence-corrected chi connectivity index (χ4v) is 4.62. The molecular weight excluding hydrogens is 495 g/mol. The number of carbonyl (C=O) groups is 2. The summed E-state index contributed by atoms with van der Waals surface area (Å²) in [6.07, 6.45) is -4.61. The van der Waals surface area contributed by atoms with Crippen molar-refractivity contribution in [3.05, 3.63) is 112 Å². The van der Waals surface area contributed by atoms with E-state index < -0.39 is 29.7 Å². The average molecular weight is 518 g/mol. The van der Waals surface area contributed by atoms with Crippen LogP contribution in [0, 0.1) is 18.3 Å². The Balaban J connectivity index is 1.59. The van der Waals surface area contributed by atoms with Crippen LogP contribution in [0.15, 0.2) is 84.1 Å². The molecule has 1 atom stereocenters. The van der Waals surface area contributed by atoms with E-state index in [2.05, 4.69) is 10.7 Å². The molecule has 2 aliphatic heterocycles. The Labute approximate surface area is 216 Å². The fourth-order valence-electron chi connectivity index (χ4n) is 4.62. The minimum Gasteiger partial charge on any atom is -0.326 e. The summed E-state index contributed by atoms with van der Waals surface area (Å²) >= 11 is 0. The van der Waals surface area contributed by atoms with E-state index in [0.717, 1.165) is 28.2 Å². The van der Waals surface area contributed by atoms with Crippen LogP contribution >= 0.6 is 0 Å². The van der Waals surface area contributed by atoms with Gasteiger partial charge in [0.15, 0.2) is 0 Å². The van der Waals surface area contributed by atoms with Gasteiger partial charge in [0.25, 0.3) is 5.91 Å². The molecule has 0 bridgehead atoms. The lowest BCUT2D eigenvalue weighted by Gasteiger charge is -2.42. The highest BCUT2D eigenvalue weighted by molar-refractivity contribution is 6.05. The minimum atomic E-state index is -4.61. The molecule has 0 unspecified atom stereocenters. The molecule has 0 saturated heterocycles. The van der Waals surface area contributed by atoms with Crippen molar-refractivity contribution in [2.75, 3.05) is 11.4 Å². The standard InChI is InChI=1S/C28H22F3N5O2/c1-17-5-7-19(8-6-17)15-35-16-23-24(26(37)34-35)25(20-11-9-18(14-32)10-12-20)33-27(38)36(23)22-4-2-3-21(13-22)28(29,30)31/h2-13,25H,15-16H2,1H3,(H,33,38)(H,34,37)/t25-/m1/s1. The van der Waals surface area contributed by atoms with Crippen molar-refractivity contribution in [1.29, 1.82) is 5.26 Å². The Morgan fingerprint density at radius 2 is 1.74 bits per heavy atom. The Hall–Kier alpha value is -4.62. The largest absolute Gasteiger partial charge is 0.416 e. The smallest absolute Gasteiger partial charge is 0.326 e. The molecule has 0 saturated carbocycles. The number of rotatable bonds is 4. The van der Waals surface area contributed by atoms with Crippen LogP contribution in [-0.2, 0) is 17.5 Å². The van der Waals surface area contributed by atoms with Crippen LogP contribution in [0.2, 0.25) is 0 Å². The van der Waals surface area contributed by atoms with Gasteiger partial charge in [0.2, 0.25) is 0 Å². The van der Waals surface area contributed by atoms with Gasteiger partial charge in [-0.25, -0.2) is 9.80 Å². The van der Waals surface area contributed by atoms with Crippen LogP contribution in [0.5, 0.6) is 0 Å². The number of amides is 3. The van der Waals surface area contributed by atoms with Crippen LogP contribution in [0.4, 0.5) is 23.7 Å². The Kier molecular flexibility index (Phi) is 6.38. The number of benzene rings is 3. The molecule has 0 radical (unpaired) electrons. The maximum atomic E-state index is 13.5. The number of nitrogens with zero attached hydrogens (tertiary/aromatic N) is 3. The number of hydrazine groups is 1. The summed E-state index contributed by atoms with van der Waals surface area (Å²) in [6.45, 7) is 2.36. The predicted molar refractivity (Wildman–Crippen MR) is 133 cm³/mol. The molecule has 0 aromatic heterocycles. The van der Waals surface area contributed by atoms with Crippen molar-refractivity contribution in [2.45, 2.75) is 25.7 Å². The molecule has 2 aliphatic rings. The van der Waals surface area contributed by atoms with Gasteiger partial charge in [0.05, 0.1) is 46.7 Å². The van der Waals surface area contributed by atoms with E-state index >= 15 is 0 Å². The lowest BCUT2D eigenvalue weighted by Crippen LogP contribution is -2.58. The summed E-state index contributed by atoms with van der Waals surface area (Å²) in [5, 5.41) is 13.5. The monoisotopic (exact) mass is 517 g/mol. The van der Waals surface area contributed by atoms with Gasteiger partial charge in [0.1, 0.15) is 0 Å². The number of halogens is 3. The van der Waals surface area contributed by atoms with E-state index in [9.17, 15) is 22.8 Å². The number of anilines is 1. The number of nitriles is 1. The topological polar surface area (TPSA) is 88.5 Å². The molecule has 0 spiro atoms. The maximum Gasteiger partial charge on any atom is 0.416 e. The van der Waals surface area contributed by atoms with Crippen LogP contribution < -0.4 is 15.6 Å². The highest BCUT2D eigenvalue weighted by atomic mass is 19.4. The summed E-state index contributed by atoms with van der Waals surface area (Å²) in [7, 11) is 0. The van der Waals surface area contributed by atoms with Crippen LogP contribution in [0.25, 0.3) is 0 Å². The average Bonchev–Trinajstić information content (AvgIpc) is 2.89. The van der Waals surface area contributed by atoms with Crippen molar-refractivity contribution < 1.29 is 22.8 Å². The first kappa shape index (κ1) is 25.0. The third-order valence-electron chi connectivity index (χ3n) is 6.48. The highest BCUT2D eigenvalue weighted by Crippen LogP contribution is 2.38. The zero-order valence-electron chi connectivity index (χ0n) is 20.2. The van der Waals surface area contributed by atoms with Gasteiger partial charge in [-0.3, -0.25) is 15.1 Å². The van der Waals surface area contributed by atoms with Gasteiger partial charge in [-0.2, -0.15) is 18.4 Å². The fraction of sp³-hybridized carbons (Fsp3) is 0.179. The summed E-state index contributed by atoms with van der Waals surface area (Å²) < 4.78 is 40.4. The molecule has 7 nitrogen and oxygen atoms in total. The first-order chi connectivity index (χ1) is 18.1. The highest BCUT2D eigenvalue weighted by Gasteiger charge is 2.42. The van der Waals surface area contributed by atoms with E-state index in [0.29, 0.717) is 17.7 Å². The first-order valence-electron chi connectivity index (χ1n) is 11.8. The lowest BCUT2D eigenvalue weighted by molar-refractivity contribution is -0.137. The summed E-state index contributed by atoms with van der Waals surface area (Å²) in [4.78, 5) is 28.0. The summed E-state index contributed by atoms with van der Waals surface area (Å²) in [5.74, 6) is -0.482. The quantitative estimate of drug-likeness (QED) is 0.512. The van der Waals surface area contributed by atoms with E-state index in [4.69, 9.17) is 5.26 Å². The van der Waals surface area contributed by atoms with Gasteiger partial charge in [-0.1, -0.05) is 48.0 Å². The molecule has 3 aromatic rings. The zero-order chi connectivity index (χ0) is 27.0. The van der Waals surface area contributed by atoms with Crippen molar-refractivity contribution in [2.24, 2.45) is 0 Å². The Morgan fingerprint density at radius 1 is 1.03 bits per heavy atom. The number of hydrogen-bond donors (Lipinski definition) is 2. The molecular formula is C28H22F3N5O2. The second kappa shape index (κ2) is 9.68. The number of aryl methyl sites for hydroxylation is 1. The lowest BCUT2D eigenvalue weighted by atomic mass is 9.92. The molecule has 10 heteroatoms. The molecule has 0 fully saturated rings. The van der Waals surface area contributed by atoms with Gasteiger partial charge < -0.3 is 5.32 Å². The van der Waals surface area contributed by atoms with Gasteiger partial charge >= 0.3 is 12.2 Å². The van der Waals surface area contributed by atoms with E-state index in [1.54, 1.807) is 29.3 Å². The minimum absolute atomic E-state index is 0.00640. The second-order valence-electron chi connectivity index (χ2n) is 9.14.